The Morgan fingerprint density at radius 2 is 2.04 bits per heavy atom. The molecule has 8 nitrogen and oxygen atoms in total. The van der Waals surface area contributed by atoms with Gasteiger partial charge in [-0.05, 0) is 35.9 Å². The van der Waals surface area contributed by atoms with Crippen molar-refractivity contribution in [3.05, 3.63) is 58.2 Å². The molecule has 0 aliphatic carbocycles. The number of fused-ring (bicyclic) bond motifs is 1. The summed E-state index contributed by atoms with van der Waals surface area (Å²) in [5.74, 6) is 1.09. The Bertz CT molecular complexity index is 862. The molecular weight excluding hydrogens is 328 g/mol. The van der Waals surface area contributed by atoms with Gasteiger partial charge in [-0.25, -0.2) is 0 Å². The van der Waals surface area contributed by atoms with Gasteiger partial charge in [0.25, 0.3) is 5.69 Å². The molecule has 1 amide bonds. The van der Waals surface area contributed by atoms with Crippen molar-refractivity contribution in [1.82, 2.24) is 0 Å². The van der Waals surface area contributed by atoms with E-state index in [9.17, 15) is 14.9 Å². The average Bonchev–Trinajstić information content (AvgIpc) is 3.07. The zero-order chi connectivity index (χ0) is 17.8. The number of hydrogen-bond acceptors (Lipinski definition) is 6. The predicted molar refractivity (Wildman–Crippen MR) is 89.9 cm³/mol. The summed E-state index contributed by atoms with van der Waals surface area (Å²) in [7, 11) is 1.41. The van der Waals surface area contributed by atoms with Gasteiger partial charge < -0.3 is 19.5 Å². The molecule has 3 rings (SSSR count). The van der Waals surface area contributed by atoms with E-state index in [1.807, 2.05) is 0 Å². The van der Waals surface area contributed by atoms with Gasteiger partial charge in [-0.1, -0.05) is 6.07 Å². The van der Waals surface area contributed by atoms with Gasteiger partial charge in [0, 0.05) is 6.08 Å². The summed E-state index contributed by atoms with van der Waals surface area (Å²) in [4.78, 5) is 22.6. The zero-order valence-electron chi connectivity index (χ0n) is 13.2. The number of ether oxygens (including phenoxy) is 3. The Kier molecular flexibility index (Phi) is 4.51. The van der Waals surface area contributed by atoms with E-state index < -0.39 is 10.8 Å². The number of nitrogens with zero attached hydrogens (tertiary/aromatic N) is 1. The predicted octanol–water partition coefficient (Wildman–Crippen LogP) is 2.98. The van der Waals surface area contributed by atoms with Crippen molar-refractivity contribution in [2.24, 2.45) is 0 Å². The molecule has 128 valence electrons. The summed E-state index contributed by atoms with van der Waals surface area (Å²) in [6.07, 6.45) is 2.86. The molecule has 0 aromatic heterocycles. The number of carbonyl (C=O) groups excluding carboxylic acids is 1. The van der Waals surface area contributed by atoms with Crippen LogP contribution in [0, 0.1) is 10.1 Å². The minimum absolute atomic E-state index is 0.0890. The summed E-state index contributed by atoms with van der Waals surface area (Å²) in [6.45, 7) is 0.171. The van der Waals surface area contributed by atoms with Crippen LogP contribution in [0.15, 0.2) is 42.5 Å². The quantitative estimate of drug-likeness (QED) is 0.509. The number of nitro groups is 1. The van der Waals surface area contributed by atoms with Crippen LogP contribution in [0.5, 0.6) is 17.2 Å². The lowest BCUT2D eigenvalue weighted by molar-refractivity contribution is -0.384. The fourth-order valence-corrected chi connectivity index (χ4v) is 2.26. The second-order valence-corrected chi connectivity index (χ2v) is 5.08. The first kappa shape index (κ1) is 16.3. The third kappa shape index (κ3) is 3.69. The van der Waals surface area contributed by atoms with Crippen molar-refractivity contribution in [3.63, 3.8) is 0 Å². The molecule has 1 aliphatic heterocycles. The van der Waals surface area contributed by atoms with Crippen molar-refractivity contribution < 1.29 is 23.9 Å². The van der Waals surface area contributed by atoms with Crippen LogP contribution in [0.1, 0.15) is 5.56 Å². The van der Waals surface area contributed by atoms with Crippen LogP contribution in [0.3, 0.4) is 0 Å². The van der Waals surface area contributed by atoms with E-state index in [1.54, 1.807) is 24.3 Å². The van der Waals surface area contributed by atoms with E-state index in [1.165, 1.54) is 31.4 Å². The average molecular weight is 342 g/mol. The first-order valence-corrected chi connectivity index (χ1v) is 7.28. The van der Waals surface area contributed by atoms with Crippen LogP contribution in [0.4, 0.5) is 11.4 Å². The largest absolute Gasteiger partial charge is 0.496 e. The van der Waals surface area contributed by atoms with Gasteiger partial charge in [0.05, 0.1) is 18.1 Å². The standard InChI is InChI=1S/C17H14N2O6/c1-23-12-4-5-13(14(9-12)19(21)22)18-17(20)7-3-11-2-6-15-16(8-11)25-10-24-15/h2-9H,10H2,1H3,(H,18,20)/b7-3+. The van der Waals surface area contributed by atoms with Crippen molar-refractivity contribution >= 4 is 23.4 Å². The van der Waals surface area contributed by atoms with Gasteiger partial charge in [-0.15, -0.1) is 0 Å². The summed E-state index contributed by atoms with van der Waals surface area (Å²) >= 11 is 0. The van der Waals surface area contributed by atoms with Crippen molar-refractivity contribution in [3.8, 4) is 17.2 Å². The van der Waals surface area contributed by atoms with Crippen molar-refractivity contribution in [1.29, 1.82) is 0 Å². The number of benzene rings is 2. The maximum atomic E-state index is 12.0. The number of nitrogens with one attached hydrogen (secondary N) is 1. The van der Waals surface area contributed by atoms with Gasteiger partial charge in [0.2, 0.25) is 12.7 Å². The van der Waals surface area contributed by atoms with E-state index in [0.717, 1.165) is 5.56 Å². The van der Waals surface area contributed by atoms with E-state index in [0.29, 0.717) is 17.2 Å². The van der Waals surface area contributed by atoms with Crippen LogP contribution in [0.25, 0.3) is 6.08 Å². The molecule has 0 spiro atoms. The Labute approximate surface area is 142 Å². The highest BCUT2D eigenvalue weighted by molar-refractivity contribution is 6.03. The number of rotatable bonds is 5. The van der Waals surface area contributed by atoms with Crippen molar-refractivity contribution in [2.75, 3.05) is 19.2 Å². The Morgan fingerprint density at radius 1 is 1.24 bits per heavy atom. The second-order valence-electron chi connectivity index (χ2n) is 5.08. The van der Waals surface area contributed by atoms with E-state index in [4.69, 9.17) is 14.2 Å². The number of anilines is 1. The number of amides is 1. The van der Waals surface area contributed by atoms with E-state index >= 15 is 0 Å². The molecule has 0 saturated heterocycles. The molecule has 2 aromatic rings. The molecule has 1 heterocycles. The topological polar surface area (TPSA) is 99.9 Å². The highest BCUT2D eigenvalue weighted by Gasteiger charge is 2.16. The number of methoxy groups -OCH3 is 1. The molecule has 1 aliphatic rings. The number of nitro benzene ring substituents is 1. The SMILES string of the molecule is COc1ccc(NC(=O)/C=C/c2ccc3c(c2)OCO3)c([N+](=O)[O-])c1. The molecule has 0 atom stereocenters. The van der Waals surface area contributed by atoms with Crippen molar-refractivity contribution in [2.45, 2.75) is 0 Å². The third-order valence-corrected chi connectivity index (χ3v) is 3.48. The smallest absolute Gasteiger partial charge is 0.296 e. The lowest BCUT2D eigenvalue weighted by atomic mass is 10.2. The van der Waals surface area contributed by atoms with Crippen LogP contribution in [-0.2, 0) is 4.79 Å². The highest BCUT2D eigenvalue weighted by atomic mass is 16.7. The van der Waals surface area contributed by atoms with E-state index in [-0.39, 0.29) is 18.2 Å². The Morgan fingerprint density at radius 3 is 2.80 bits per heavy atom. The van der Waals surface area contributed by atoms with Crippen LogP contribution < -0.4 is 19.5 Å². The molecule has 0 bridgehead atoms. The summed E-state index contributed by atoms with van der Waals surface area (Å²) in [5, 5.41) is 13.6. The number of carbonyl (C=O) groups is 1. The number of hydrogen-bond donors (Lipinski definition) is 1. The highest BCUT2D eigenvalue weighted by Crippen LogP contribution is 2.33. The maximum Gasteiger partial charge on any atom is 0.296 e. The van der Waals surface area contributed by atoms with Gasteiger partial charge in [0.15, 0.2) is 11.5 Å². The van der Waals surface area contributed by atoms with Crippen LogP contribution >= 0.6 is 0 Å². The molecule has 0 radical (unpaired) electrons. The summed E-state index contributed by atoms with van der Waals surface area (Å²) in [5.41, 5.74) is 0.582. The third-order valence-electron chi connectivity index (χ3n) is 3.48. The molecule has 2 aromatic carbocycles. The first-order valence-electron chi connectivity index (χ1n) is 7.28. The van der Waals surface area contributed by atoms with Crippen LogP contribution in [-0.4, -0.2) is 24.7 Å². The molecule has 0 saturated carbocycles. The zero-order valence-corrected chi connectivity index (χ0v) is 13.2. The molecular formula is C17H14N2O6. The minimum atomic E-state index is -0.584. The molecule has 25 heavy (non-hydrogen) atoms. The summed E-state index contributed by atoms with van der Waals surface area (Å²) < 4.78 is 15.4. The van der Waals surface area contributed by atoms with Gasteiger partial charge in [-0.3, -0.25) is 14.9 Å². The minimum Gasteiger partial charge on any atom is -0.496 e. The van der Waals surface area contributed by atoms with Gasteiger partial charge in [0.1, 0.15) is 11.4 Å². The van der Waals surface area contributed by atoms with Gasteiger partial charge >= 0.3 is 0 Å². The fourth-order valence-electron chi connectivity index (χ4n) is 2.26. The van der Waals surface area contributed by atoms with E-state index in [2.05, 4.69) is 5.32 Å². The first-order chi connectivity index (χ1) is 12.1. The summed E-state index contributed by atoms with van der Waals surface area (Å²) in [6, 6.07) is 9.45. The molecule has 1 N–H and O–H groups in total. The molecule has 0 unspecified atom stereocenters. The normalized spacial score (nSPS) is 12.2. The fraction of sp³-hybridized carbons (Fsp3) is 0.118. The molecule has 8 heteroatoms. The van der Waals surface area contributed by atoms with Gasteiger partial charge in [-0.2, -0.15) is 0 Å². The molecule has 0 fully saturated rings. The monoisotopic (exact) mass is 342 g/mol. The Balaban J connectivity index is 1.73. The lowest BCUT2D eigenvalue weighted by Crippen LogP contribution is -2.09. The second kappa shape index (κ2) is 6.91. The Hall–Kier alpha value is -3.55. The lowest BCUT2D eigenvalue weighted by Gasteiger charge is -2.05. The maximum absolute atomic E-state index is 12.0. The van der Waals surface area contributed by atoms with Crippen LogP contribution in [0.2, 0.25) is 0 Å².